The molecule has 0 saturated heterocycles. The van der Waals surface area contributed by atoms with Gasteiger partial charge in [0.25, 0.3) is 0 Å². The quantitative estimate of drug-likeness (QED) is 0.552. The number of rotatable bonds is 6. The summed E-state index contributed by atoms with van der Waals surface area (Å²) in [6.45, 7) is 4.26. The van der Waals surface area contributed by atoms with Gasteiger partial charge in [-0.05, 0) is 56.6 Å². The van der Waals surface area contributed by atoms with Crippen molar-refractivity contribution >= 4 is 11.3 Å². The molecular weight excluding hydrogens is 356 g/mol. The van der Waals surface area contributed by atoms with Crippen LogP contribution < -0.4 is 0 Å². The first-order valence-corrected chi connectivity index (χ1v) is 10.5. The van der Waals surface area contributed by atoms with Crippen molar-refractivity contribution in [3.05, 3.63) is 69.8 Å². The average Bonchev–Trinajstić information content (AvgIpc) is 3.36. The Labute approximate surface area is 164 Å². The van der Waals surface area contributed by atoms with Crippen LogP contribution in [0, 0.1) is 19.8 Å². The van der Waals surface area contributed by atoms with Crippen molar-refractivity contribution in [1.82, 2.24) is 9.97 Å². The Bertz CT molecular complexity index is 845. The molecule has 27 heavy (non-hydrogen) atoms. The minimum absolute atomic E-state index is 0.171. The number of nitrogens with zero attached hydrogens (tertiary/aromatic N) is 2. The van der Waals surface area contributed by atoms with Gasteiger partial charge in [-0.3, -0.25) is 4.98 Å². The van der Waals surface area contributed by atoms with E-state index in [9.17, 15) is 0 Å². The molecule has 3 atom stereocenters. The van der Waals surface area contributed by atoms with Gasteiger partial charge in [-0.25, -0.2) is 4.98 Å². The number of aryl methyl sites for hydroxylation is 2. The van der Waals surface area contributed by atoms with Gasteiger partial charge in [0.15, 0.2) is 6.39 Å². The van der Waals surface area contributed by atoms with E-state index in [1.165, 1.54) is 40.8 Å². The van der Waals surface area contributed by atoms with Crippen molar-refractivity contribution in [2.45, 2.75) is 58.2 Å². The van der Waals surface area contributed by atoms with Gasteiger partial charge in [0, 0.05) is 11.1 Å². The lowest BCUT2D eigenvalue weighted by Crippen LogP contribution is -2.26. The fourth-order valence-corrected chi connectivity index (χ4v) is 4.78. The highest BCUT2D eigenvalue weighted by molar-refractivity contribution is 7.09. The fourth-order valence-electron chi connectivity index (χ4n) is 4.07. The molecule has 3 aromatic rings. The van der Waals surface area contributed by atoms with Crippen LogP contribution in [0.2, 0.25) is 0 Å². The van der Waals surface area contributed by atoms with Crippen LogP contribution in [0.4, 0.5) is 0 Å². The number of aromatic nitrogens is 2. The Balaban J connectivity index is 1.52. The van der Waals surface area contributed by atoms with E-state index in [0.29, 0.717) is 5.92 Å². The predicted molar refractivity (Wildman–Crippen MR) is 107 cm³/mol. The molecule has 4 rings (SSSR count). The zero-order valence-corrected chi connectivity index (χ0v) is 16.7. The van der Waals surface area contributed by atoms with Crippen LogP contribution in [-0.4, -0.2) is 16.1 Å². The van der Waals surface area contributed by atoms with Crippen molar-refractivity contribution in [2.75, 3.05) is 0 Å². The van der Waals surface area contributed by atoms with Gasteiger partial charge in [-0.15, -0.1) is 11.3 Å². The summed E-state index contributed by atoms with van der Waals surface area (Å²) in [4.78, 5) is 10.0. The summed E-state index contributed by atoms with van der Waals surface area (Å²) in [5, 5.41) is 0. The molecule has 5 heteroatoms. The molecule has 0 amide bonds. The monoisotopic (exact) mass is 382 g/mol. The van der Waals surface area contributed by atoms with E-state index in [-0.39, 0.29) is 12.2 Å². The maximum atomic E-state index is 6.67. The van der Waals surface area contributed by atoms with Gasteiger partial charge in [0.1, 0.15) is 18.1 Å². The van der Waals surface area contributed by atoms with E-state index in [1.54, 1.807) is 17.6 Å². The van der Waals surface area contributed by atoms with Crippen LogP contribution in [-0.2, 0) is 11.2 Å². The van der Waals surface area contributed by atoms with Crippen molar-refractivity contribution in [1.29, 1.82) is 0 Å². The zero-order valence-electron chi connectivity index (χ0n) is 15.9. The molecule has 0 radical (unpaired) electrons. The van der Waals surface area contributed by atoms with E-state index in [2.05, 4.69) is 42.0 Å². The first-order chi connectivity index (χ1) is 13.2. The van der Waals surface area contributed by atoms with E-state index in [0.717, 1.165) is 25.0 Å². The smallest absolute Gasteiger partial charge is 0.180 e. The SMILES string of the molecule is Cc1ccc(C)c(C(O[C@@H]2CCC[C@H](Cc3cncs3)C2)c2cocn2)c1. The van der Waals surface area contributed by atoms with Crippen molar-refractivity contribution in [3.63, 3.8) is 0 Å². The van der Waals surface area contributed by atoms with Gasteiger partial charge in [0.2, 0.25) is 0 Å². The molecule has 4 nitrogen and oxygen atoms in total. The maximum Gasteiger partial charge on any atom is 0.180 e. The number of oxazole rings is 1. The molecule has 2 heterocycles. The number of ether oxygens (including phenoxy) is 1. The highest BCUT2D eigenvalue weighted by atomic mass is 32.1. The third-order valence-electron chi connectivity index (χ3n) is 5.47. The number of thiazole rings is 1. The summed E-state index contributed by atoms with van der Waals surface area (Å²) in [7, 11) is 0. The summed E-state index contributed by atoms with van der Waals surface area (Å²) in [5.41, 5.74) is 6.43. The summed E-state index contributed by atoms with van der Waals surface area (Å²) in [6.07, 6.45) is 11.1. The lowest BCUT2D eigenvalue weighted by atomic mass is 9.84. The van der Waals surface area contributed by atoms with Crippen LogP contribution in [0.1, 0.15) is 59.0 Å². The Kier molecular flexibility index (Phi) is 5.69. The lowest BCUT2D eigenvalue weighted by molar-refractivity contribution is -0.0258. The molecule has 0 spiro atoms. The molecule has 1 saturated carbocycles. The second-order valence-corrected chi connectivity index (χ2v) is 8.59. The normalized spacial score (nSPS) is 21.3. The highest BCUT2D eigenvalue weighted by Gasteiger charge is 2.28. The Morgan fingerprint density at radius 3 is 3.00 bits per heavy atom. The number of benzene rings is 1. The third-order valence-corrected chi connectivity index (χ3v) is 6.28. The van der Waals surface area contributed by atoms with Gasteiger partial charge < -0.3 is 9.15 Å². The molecule has 1 aromatic carbocycles. The maximum absolute atomic E-state index is 6.67. The minimum Gasteiger partial charge on any atom is -0.451 e. The molecule has 1 aliphatic carbocycles. The molecular formula is C22H26N2O2S. The predicted octanol–water partition coefficient (Wildman–Crippen LogP) is 5.66. The first kappa shape index (κ1) is 18.4. The van der Waals surface area contributed by atoms with Crippen molar-refractivity contribution in [3.8, 4) is 0 Å². The van der Waals surface area contributed by atoms with Crippen molar-refractivity contribution in [2.24, 2.45) is 5.92 Å². The van der Waals surface area contributed by atoms with E-state index in [1.807, 2.05) is 11.7 Å². The van der Waals surface area contributed by atoms with Crippen molar-refractivity contribution < 1.29 is 9.15 Å². The van der Waals surface area contributed by atoms with Crippen LogP contribution in [0.3, 0.4) is 0 Å². The highest BCUT2D eigenvalue weighted by Crippen LogP contribution is 2.36. The third kappa shape index (κ3) is 4.47. The van der Waals surface area contributed by atoms with E-state index < -0.39 is 0 Å². The molecule has 1 fully saturated rings. The zero-order chi connectivity index (χ0) is 18.6. The summed E-state index contributed by atoms with van der Waals surface area (Å²) < 4.78 is 11.9. The molecule has 1 unspecified atom stereocenters. The van der Waals surface area contributed by atoms with Crippen LogP contribution in [0.5, 0.6) is 0 Å². The molecule has 0 bridgehead atoms. The molecule has 0 N–H and O–H groups in total. The summed E-state index contributed by atoms with van der Waals surface area (Å²) in [5.74, 6) is 0.667. The lowest BCUT2D eigenvalue weighted by Gasteiger charge is -2.32. The molecule has 2 aromatic heterocycles. The number of hydrogen-bond acceptors (Lipinski definition) is 5. The van der Waals surface area contributed by atoms with Crippen LogP contribution in [0.15, 0.2) is 47.0 Å². The largest absolute Gasteiger partial charge is 0.451 e. The second-order valence-electron chi connectivity index (χ2n) is 7.62. The van der Waals surface area contributed by atoms with E-state index >= 15 is 0 Å². The number of hydrogen-bond donors (Lipinski definition) is 0. The van der Waals surface area contributed by atoms with Crippen LogP contribution in [0.25, 0.3) is 0 Å². The molecule has 0 aliphatic heterocycles. The average molecular weight is 383 g/mol. The van der Waals surface area contributed by atoms with Gasteiger partial charge in [0.05, 0.1) is 11.6 Å². The standard InChI is InChI=1S/C22H26N2O2S/c1-15-6-7-16(2)20(8-15)22(21-12-25-13-24-21)26-18-5-3-4-17(9-18)10-19-11-23-14-27-19/h6-8,11-14,17-18,22H,3-5,9-10H2,1-2H3/t17-,18+,22?/m0/s1. The second kappa shape index (κ2) is 8.36. The Hall–Kier alpha value is -1.98. The van der Waals surface area contributed by atoms with Crippen LogP contribution >= 0.6 is 11.3 Å². The first-order valence-electron chi connectivity index (χ1n) is 9.67. The van der Waals surface area contributed by atoms with Gasteiger partial charge in [-0.1, -0.05) is 30.2 Å². The Morgan fingerprint density at radius 1 is 1.30 bits per heavy atom. The molecule has 1 aliphatic rings. The van der Waals surface area contributed by atoms with Gasteiger partial charge in [-0.2, -0.15) is 0 Å². The topological polar surface area (TPSA) is 48.2 Å². The minimum atomic E-state index is -0.171. The summed E-state index contributed by atoms with van der Waals surface area (Å²) in [6, 6.07) is 6.52. The van der Waals surface area contributed by atoms with Gasteiger partial charge >= 0.3 is 0 Å². The summed E-state index contributed by atoms with van der Waals surface area (Å²) >= 11 is 1.76. The van der Waals surface area contributed by atoms with E-state index in [4.69, 9.17) is 9.15 Å². The molecule has 142 valence electrons. The Morgan fingerprint density at radius 2 is 2.22 bits per heavy atom. The fraction of sp³-hybridized carbons (Fsp3) is 0.455.